The lowest BCUT2D eigenvalue weighted by atomic mass is 10.2. The van der Waals surface area contributed by atoms with Crippen LogP contribution in [0.2, 0.25) is 0 Å². The minimum Gasteiger partial charge on any atom is -0.472 e. The Hall–Kier alpha value is -2.86. The number of para-hydroxylation sites is 1. The van der Waals surface area contributed by atoms with Crippen molar-refractivity contribution in [2.45, 2.75) is 26.0 Å². The molecule has 1 amide bonds. The second-order valence-electron chi connectivity index (χ2n) is 6.74. The van der Waals surface area contributed by atoms with Crippen LogP contribution in [-0.2, 0) is 11.3 Å². The molecule has 0 saturated carbocycles. The highest BCUT2D eigenvalue weighted by molar-refractivity contribution is 5.94. The molecular weight excluding hydrogens is 342 g/mol. The lowest BCUT2D eigenvalue weighted by Gasteiger charge is -2.12. The number of pyridine rings is 1. The van der Waals surface area contributed by atoms with Gasteiger partial charge in [0.25, 0.3) is 5.91 Å². The first-order valence-electron chi connectivity index (χ1n) is 9.24. The molecule has 1 aliphatic rings. The number of hydrogen-bond donors (Lipinski definition) is 1. The molecule has 0 spiro atoms. The second-order valence-corrected chi connectivity index (χ2v) is 6.74. The van der Waals surface area contributed by atoms with Crippen LogP contribution in [0.25, 0.3) is 10.9 Å². The van der Waals surface area contributed by atoms with E-state index in [1.165, 1.54) is 16.6 Å². The quantitative estimate of drug-likeness (QED) is 0.729. The van der Waals surface area contributed by atoms with Crippen LogP contribution in [0.5, 0.6) is 5.88 Å². The van der Waals surface area contributed by atoms with Crippen LogP contribution in [0, 0.1) is 6.92 Å². The molecule has 0 aliphatic carbocycles. The van der Waals surface area contributed by atoms with Gasteiger partial charge in [0.05, 0.1) is 13.2 Å². The first-order valence-corrected chi connectivity index (χ1v) is 9.24. The van der Waals surface area contributed by atoms with Crippen molar-refractivity contribution in [1.82, 2.24) is 14.9 Å². The molecule has 0 radical (unpaired) electrons. The molecule has 1 N–H and O–H groups in total. The third-order valence-electron chi connectivity index (χ3n) is 4.81. The Morgan fingerprint density at radius 2 is 2.22 bits per heavy atom. The topological polar surface area (TPSA) is 65.4 Å². The Bertz CT molecular complexity index is 945. The van der Waals surface area contributed by atoms with Crippen LogP contribution >= 0.6 is 0 Å². The molecule has 2 aromatic heterocycles. The summed E-state index contributed by atoms with van der Waals surface area (Å²) >= 11 is 0. The predicted molar refractivity (Wildman–Crippen MR) is 103 cm³/mol. The summed E-state index contributed by atoms with van der Waals surface area (Å²) in [5, 5.41) is 4.20. The maximum Gasteiger partial charge on any atom is 0.251 e. The van der Waals surface area contributed by atoms with Gasteiger partial charge in [-0.25, -0.2) is 4.98 Å². The number of ether oxygens (including phenoxy) is 2. The zero-order chi connectivity index (χ0) is 18.6. The maximum absolute atomic E-state index is 12.5. The van der Waals surface area contributed by atoms with Crippen LogP contribution in [0.4, 0.5) is 0 Å². The van der Waals surface area contributed by atoms with E-state index >= 15 is 0 Å². The number of amides is 1. The van der Waals surface area contributed by atoms with E-state index in [0.29, 0.717) is 31.2 Å². The van der Waals surface area contributed by atoms with Gasteiger partial charge in [0.2, 0.25) is 5.88 Å². The van der Waals surface area contributed by atoms with Crippen LogP contribution in [0.15, 0.2) is 48.7 Å². The van der Waals surface area contributed by atoms with Gasteiger partial charge in [0, 0.05) is 48.5 Å². The third-order valence-corrected chi connectivity index (χ3v) is 4.81. The summed E-state index contributed by atoms with van der Waals surface area (Å²) in [5.41, 5.74) is 2.92. The van der Waals surface area contributed by atoms with Crippen molar-refractivity contribution in [3.8, 4) is 5.88 Å². The Kier molecular flexibility index (Phi) is 5.07. The summed E-state index contributed by atoms with van der Waals surface area (Å²) in [7, 11) is 0. The van der Waals surface area contributed by atoms with Crippen molar-refractivity contribution in [3.63, 3.8) is 0 Å². The lowest BCUT2D eigenvalue weighted by molar-refractivity contribution is 0.0950. The molecule has 6 nitrogen and oxygen atoms in total. The summed E-state index contributed by atoms with van der Waals surface area (Å²) in [4.78, 5) is 16.7. The van der Waals surface area contributed by atoms with Gasteiger partial charge in [-0.15, -0.1) is 0 Å². The number of nitrogens with one attached hydrogen (secondary N) is 1. The van der Waals surface area contributed by atoms with E-state index in [2.05, 4.69) is 40.0 Å². The Labute approximate surface area is 158 Å². The average molecular weight is 365 g/mol. The van der Waals surface area contributed by atoms with Gasteiger partial charge in [-0.2, -0.15) is 0 Å². The fourth-order valence-corrected chi connectivity index (χ4v) is 3.42. The summed E-state index contributed by atoms with van der Waals surface area (Å²) in [6.45, 7) is 4.63. The van der Waals surface area contributed by atoms with Crippen molar-refractivity contribution in [2.24, 2.45) is 0 Å². The number of nitrogens with zero attached hydrogens (tertiary/aromatic N) is 2. The monoisotopic (exact) mass is 365 g/mol. The molecule has 140 valence electrons. The van der Waals surface area contributed by atoms with Crippen molar-refractivity contribution in [3.05, 3.63) is 59.9 Å². The second kappa shape index (κ2) is 7.80. The van der Waals surface area contributed by atoms with Gasteiger partial charge in [0.15, 0.2) is 0 Å². The van der Waals surface area contributed by atoms with E-state index in [-0.39, 0.29) is 12.0 Å². The van der Waals surface area contributed by atoms with Crippen LogP contribution in [0.3, 0.4) is 0 Å². The van der Waals surface area contributed by atoms with Crippen molar-refractivity contribution in [1.29, 1.82) is 0 Å². The van der Waals surface area contributed by atoms with Crippen molar-refractivity contribution < 1.29 is 14.3 Å². The minimum atomic E-state index is -0.126. The lowest BCUT2D eigenvalue weighted by Crippen LogP contribution is -2.27. The van der Waals surface area contributed by atoms with Gasteiger partial charge in [0.1, 0.15) is 6.10 Å². The normalized spacial score (nSPS) is 16.6. The van der Waals surface area contributed by atoms with Gasteiger partial charge < -0.3 is 19.4 Å². The van der Waals surface area contributed by atoms with E-state index in [1.54, 1.807) is 18.3 Å². The summed E-state index contributed by atoms with van der Waals surface area (Å²) < 4.78 is 13.3. The number of aromatic nitrogens is 2. The number of rotatable bonds is 6. The van der Waals surface area contributed by atoms with Crippen LogP contribution < -0.4 is 10.1 Å². The Balaban J connectivity index is 1.37. The third kappa shape index (κ3) is 3.95. The molecule has 6 heteroatoms. The number of carbonyl (C=O) groups excluding carboxylic acids is 1. The van der Waals surface area contributed by atoms with Crippen molar-refractivity contribution >= 4 is 16.8 Å². The Morgan fingerprint density at radius 3 is 3.07 bits per heavy atom. The number of carbonyl (C=O) groups is 1. The molecule has 0 bridgehead atoms. The molecule has 27 heavy (non-hydrogen) atoms. The summed E-state index contributed by atoms with van der Waals surface area (Å²) in [6.07, 6.45) is 2.46. The molecule has 3 aromatic rings. The highest BCUT2D eigenvalue weighted by Crippen LogP contribution is 2.19. The fourth-order valence-electron chi connectivity index (χ4n) is 3.42. The summed E-state index contributed by atoms with van der Waals surface area (Å²) in [5.74, 6) is 0.337. The molecule has 3 heterocycles. The number of benzene rings is 1. The number of fused-ring (bicyclic) bond motifs is 1. The molecule has 1 fully saturated rings. The largest absolute Gasteiger partial charge is 0.472 e. The molecule has 1 aliphatic heterocycles. The first kappa shape index (κ1) is 17.5. The minimum absolute atomic E-state index is 0.0146. The SMILES string of the molecule is Cc1cc2ccccc2n1CCNC(=O)c1ccnc(OC2CCOC2)c1. The van der Waals surface area contributed by atoms with E-state index in [0.717, 1.165) is 13.0 Å². The zero-order valence-electron chi connectivity index (χ0n) is 15.4. The number of aryl methyl sites for hydroxylation is 1. The smallest absolute Gasteiger partial charge is 0.251 e. The zero-order valence-corrected chi connectivity index (χ0v) is 15.4. The number of hydrogen-bond acceptors (Lipinski definition) is 4. The molecule has 1 unspecified atom stereocenters. The van der Waals surface area contributed by atoms with E-state index in [4.69, 9.17) is 9.47 Å². The highest BCUT2D eigenvalue weighted by atomic mass is 16.5. The molecule has 1 saturated heterocycles. The van der Waals surface area contributed by atoms with Gasteiger partial charge in [-0.05, 0) is 30.5 Å². The van der Waals surface area contributed by atoms with E-state index in [9.17, 15) is 4.79 Å². The Morgan fingerprint density at radius 1 is 1.33 bits per heavy atom. The molecule has 4 rings (SSSR count). The molecule has 1 aromatic carbocycles. The average Bonchev–Trinajstić information content (AvgIpc) is 3.29. The van der Waals surface area contributed by atoms with Gasteiger partial charge in [-0.3, -0.25) is 4.79 Å². The standard InChI is InChI=1S/C21H23N3O3/c1-15-12-16-4-2-3-5-19(16)24(15)10-9-23-21(25)17-6-8-22-20(13-17)27-18-7-11-26-14-18/h2-6,8,12-13,18H,7,9-11,14H2,1H3,(H,23,25). The van der Waals surface area contributed by atoms with Crippen LogP contribution in [-0.4, -0.2) is 41.3 Å². The molecule has 1 atom stereocenters. The van der Waals surface area contributed by atoms with Crippen molar-refractivity contribution in [2.75, 3.05) is 19.8 Å². The van der Waals surface area contributed by atoms with E-state index < -0.39 is 0 Å². The highest BCUT2D eigenvalue weighted by Gasteiger charge is 2.18. The van der Waals surface area contributed by atoms with Gasteiger partial charge >= 0.3 is 0 Å². The summed E-state index contributed by atoms with van der Waals surface area (Å²) in [6, 6.07) is 13.8. The van der Waals surface area contributed by atoms with E-state index in [1.807, 2.05) is 12.1 Å². The first-order chi connectivity index (χ1) is 13.2. The predicted octanol–water partition coefficient (Wildman–Crippen LogP) is 2.94. The van der Waals surface area contributed by atoms with Gasteiger partial charge in [-0.1, -0.05) is 18.2 Å². The fraction of sp³-hybridized carbons (Fsp3) is 0.333. The van der Waals surface area contributed by atoms with Crippen LogP contribution in [0.1, 0.15) is 22.5 Å². The molecular formula is C21H23N3O3. The maximum atomic E-state index is 12.5.